The SMILES string of the molecule is O=C(CS)NCCNC(CS)C(=O)O. The molecule has 0 aliphatic heterocycles. The van der Waals surface area contributed by atoms with Gasteiger partial charge in [0.15, 0.2) is 0 Å². The van der Waals surface area contributed by atoms with Gasteiger partial charge in [0.1, 0.15) is 6.04 Å². The molecule has 0 aromatic heterocycles. The maximum Gasteiger partial charge on any atom is 0.321 e. The predicted octanol–water partition coefficient (Wildman–Crippen LogP) is -0.995. The second-order valence-electron chi connectivity index (χ2n) is 2.54. The Morgan fingerprint density at radius 3 is 2.36 bits per heavy atom. The highest BCUT2D eigenvalue weighted by molar-refractivity contribution is 7.81. The van der Waals surface area contributed by atoms with Crippen molar-refractivity contribution in [3.8, 4) is 0 Å². The summed E-state index contributed by atoms with van der Waals surface area (Å²) in [4.78, 5) is 21.2. The van der Waals surface area contributed by atoms with Crippen molar-refractivity contribution in [2.24, 2.45) is 0 Å². The van der Waals surface area contributed by atoms with E-state index in [0.29, 0.717) is 13.1 Å². The standard InChI is InChI=1S/C7H14N2O3S2/c10-6(4-14)9-2-1-8-5(3-13)7(11)12/h5,8,13-14H,1-4H2,(H,9,10)(H,11,12). The topological polar surface area (TPSA) is 78.4 Å². The molecule has 0 bridgehead atoms. The fourth-order valence-electron chi connectivity index (χ4n) is 0.734. The minimum atomic E-state index is -0.944. The Labute approximate surface area is 93.5 Å². The van der Waals surface area contributed by atoms with Crippen molar-refractivity contribution in [1.29, 1.82) is 0 Å². The van der Waals surface area contributed by atoms with Crippen LogP contribution >= 0.6 is 25.3 Å². The van der Waals surface area contributed by atoms with Crippen molar-refractivity contribution in [2.45, 2.75) is 6.04 Å². The summed E-state index contributed by atoms with van der Waals surface area (Å²) < 4.78 is 0. The van der Waals surface area contributed by atoms with Crippen LogP contribution in [0, 0.1) is 0 Å². The number of aliphatic carboxylic acids is 1. The molecule has 1 amide bonds. The predicted molar refractivity (Wildman–Crippen MR) is 60.1 cm³/mol. The fourth-order valence-corrected chi connectivity index (χ4v) is 1.13. The van der Waals surface area contributed by atoms with Gasteiger partial charge in [-0.1, -0.05) is 0 Å². The quantitative estimate of drug-likeness (QED) is 0.291. The number of carbonyl (C=O) groups is 2. The molecule has 0 radical (unpaired) electrons. The number of rotatable bonds is 7. The second kappa shape index (κ2) is 7.95. The van der Waals surface area contributed by atoms with E-state index in [4.69, 9.17) is 5.11 Å². The van der Waals surface area contributed by atoms with Crippen molar-refractivity contribution in [3.63, 3.8) is 0 Å². The number of carbonyl (C=O) groups excluding carboxylic acids is 1. The first kappa shape index (κ1) is 13.6. The van der Waals surface area contributed by atoms with Crippen molar-refractivity contribution in [1.82, 2.24) is 10.6 Å². The summed E-state index contributed by atoms with van der Waals surface area (Å²) >= 11 is 7.64. The lowest BCUT2D eigenvalue weighted by atomic mass is 10.3. The molecule has 0 fully saturated rings. The molecule has 1 atom stereocenters. The zero-order valence-corrected chi connectivity index (χ0v) is 9.35. The van der Waals surface area contributed by atoms with E-state index in [1.165, 1.54) is 0 Å². The molecular formula is C7H14N2O3S2. The van der Waals surface area contributed by atoms with Gasteiger partial charge in [-0.05, 0) is 0 Å². The fraction of sp³-hybridized carbons (Fsp3) is 0.714. The lowest BCUT2D eigenvalue weighted by Gasteiger charge is -2.11. The summed E-state index contributed by atoms with van der Waals surface area (Å²) in [5, 5.41) is 13.9. The molecule has 0 aromatic rings. The highest BCUT2D eigenvalue weighted by Gasteiger charge is 2.13. The van der Waals surface area contributed by atoms with Crippen LogP contribution in [0.3, 0.4) is 0 Å². The monoisotopic (exact) mass is 238 g/mol. The Bertz CT molecular complexity index is 201. The van der Waals surface area contributed by atoms with Gasteiger partial charge in [0.25, 0.3) is 0 Å². The summed E-state index contributed by atoms with van der Waals surface area (Å²) in [6, 6.07) is -0.675. The molecule has 1 unspecified atom stereocenters. The van der Waals surface area contributed by atoms with Gasteiger partial charge in [0.2, 0.25) is 5.91 Å². The molecule has 0 aromatic carbocycles. The number of amides is 1. The highest BCUT2D eigenvalue weighted by Crippen LogP contribution is 1.86. The van der Waals surface area contributed by atoms with E-state index in [2.05, 4.69) is 35.9 Å². The van der Waals surface area contributed by atoms with Gasteiger partial charge in [-0.15, -0.1) is 0 Å². The number of nitrogens with one attached hydrogen (secondary N) is 2. The number of hydrogen-bond acceptors (Lipinski definition) is 5. The van der Waals surface area contributed by atoms with Gasteiger partial charge in [0, 0.05) is 18.8 Å². The van der Waals surface area contributed by atoms with Crippen LogP contribution in [0.1, 0.15) is 0 Å². The molecule has 0 saturated heterocycles. The smallest absolute Gasteiger partial charge is 0.321 e. The van der Waals surface area contributed by atoms with Gasteiger partial charge in [-0.25, -0.2) is 0 Å². The van der Waals surface area contributed by atoms with E-state index < -0.39 is 12.0 Å². The Morgan fingerprint density at radius 1 is 1.29 bits per heavy atom. The van der Waals surface area contributed by atoms with Crippen molar-refractivity contribution >= 4 is 37.1 Å². The zero-order valence-electron chi connectivity index (χ0n) is 7.56. The number of carboxylic acids is 1. The summed E-state index contributed by atoms with van der Waals surface area (Å²) in [5.41, 5.74) is 0. The molecule has 7 heteroatoms. The van der Waals surface area contributed by atoms with E-state index >= 15 is 0 Å². The van der Waals surface area contributed by atoms with Crippen LogP contribution in [-0.4, -0.2) is 47.6 Å². The van der Waals surface area contributed by atoms with E-state index in [-0.39, 0.29) is 17.4 Å². The maximum absolute atomic E-state index is 10.7. The van der Waals surface area contributed by atoms with Gasteiger partial charge in [-0.3, -0.25) is 9.59 Å². The zero-order chi connectivity index (χ0) is 11.0. The van der Waals surface area contributed by atoms with E-state index in [9.17, 15) is 9.59 Å². The summed E-state index contributed by atoms with van der Waals surface area (Å²) in [7, 11) is 0. The maximum atomic E-state index is 10.7. The largest absolute Gasteiger partial charge is 0.480 e. The normalized spacial score (nSPS) is 12.1. The Kier molecular flexibility index (Phi) is 7.73. The van der Waals surface area contributed by atoms with Crippen LogP contribution in [-0.2, 0) is 9.59 Å². The van der Waals surface area contributed by atoms with Gasteiger partial charge in [0.05, 0.1) is 5.75 Å². The first-order chi connectivity index (χ1) is 6.61. The van der Waals surface area contributed by atoms with Crippen LogP contribution in [0.15, 0.2) is 0 Å². The molecule has 0 aliphatic carbocycles. The van der Waals surface area contributed by atoms with Gasteiger partial charge >= 0.3 is 5.97 Å². The second-order valence-corrected chi connectivity index (χ2v) is 3.22. The molecule has 5 nitrogen and oxygen atoms in total. The van der Waals surface area contributed by atoms with Gasteiger partial charge in [-0.2, -0.15) is 25.3 Å². The minimum absolute atomic E-state index is 0.134. The van der Waals surface area contributed by atoms with E-state index in [0.717, 1.165) is 0 Å². The molecule has 82 valence electrons. The third kappa shape index (κ3) is 6.11. The van der Waals surface area contributed by atoms with Crippen molar-refractivity contribution in [3.05, 3.63) is 0 Å². The average molecular weight is 238 g/mol. The first-order valence-corrected chi connectivity index (χ1v) is 5.33. The Hall–Kier alpha value is -0.400. The lowest BCUT2D eigenvalue weighted by molar-refractivity contribution is -0.138. The molecule has 0 saturated carbocycles. The molecule has 14 heavy (non-hydrogen) atoms. The van der Waals surface area contributed by atoms with Crippen LogP contribution < -0.4 is 10.6 Å². The number of hydrogen-bond donors (Lipinski definition) is 5. The van der Waals surface area contributed by atoms with Gasteiger partial charge < -0.3 is 15.7 Å². The van der Waals surface area contributed by atoms with Crippen LogP contribution in [0.4, 0.5) is 0 Å². The van der Waals surface area contributed by atoms with Crippen LogP contribution in [0.25, 0.3) is 0 Å². The third-order valence-electron chi connectivity index (χ3n) is 1.46. The molecule has 0 aliphatic rings. The molecule has 0 rings (SSSR count). The minimum Gasteiger partial charge on any atom is -0.480 e. The molecule has 3 N–H and O–H groups in total. The average Bonchev–Trinajstić information content (AvgIpc) is 2.16. The first-order valence-electron chi connectivity index (χ1n) is 4.06. The van der Waals surface area contributed by atoms with Crippen molar-refractivity contribution < 1.29 is 14.7 Å². The summed E-state index contributed by atoms with van der Waals surface area (Å²) in [6.07, 6.45) is 0. The summed E-state index contributed by atoms with van der Waals surface area (Å²) in [5.74, 6) is -0.765. The Morgan fingerprint density at radius 2 is 1.93 bits per heavy atom. The van der Waals surface area contributed by atoms with E-state index in [1.807, 2.05) is 0 Å². The van der Waals surface area contributed by atoms with E-state index in [1.54, 1.807) is 0 Å². The number of thiol groups is 2. The Balaban J connectivity index is 3.52. The third-order valence-corrected chi connectivity index (χ3v) is 2.11. The van der Waals surface area contributed by atoms with Crippen LogP contribution in [0.2, 0.25) is 0 Å². The molecule has 0 spiro atoms. The highest BCUT2D eigenvalue weighted by atomic mass is 32.1. The number of carboxylic acid groups (broad SMARTS) is 1. The molecular weight excluding hydrogens is 224 g/mol. The van der Waals surface area contributed by atoms with Crippen LogP contribution in [0.5, 0.6) is 0 Å². The summed E-state index contributed by atoms with van der Waals surface area (Å²) in [6.45, 7) is 0.786. The van der Waals surface area contributed by atoms with Crippen molar-refractivity contribution in [2.75, 3.05) is 24.6 Å². The molecule has 0 heterocycles. The lowest BCUT2D eigenvalue weighted by Crippen LogP contribution is -2.42.